The summed E-state index contributed by atoms with van der Waals surface area (Å²) in [6.45, 7) is 6.15. The first-order valence-electron chi connectivity index (χ1n) is 8.84. The second kappa shape index (κ2) is 5.08. The van der Waals surface area contributed by atoms with Gasteiger partial charge >= 0.3 is 5.97 Å². The molecule has 0 spiro atoms. The number of allylic oxidation sites excluding steroid dienone is 1. The van der Waals surface area contributed by atoms with E-state index in [2.05, 4.69) is 6.92 Å². The van der Waals surface area contributed by atoms with Crippen LogP contribution in [0, 0.1) is 16.7 Å². The number of aryl methyl sites for hydroxylation is 1. The van der Waals surface area contributed by atoms with E-state index in [1.54, 1.807) is 12.5 Å². The lowest BCUT2D eigenvalue weighted by Crippen LogP contribution is -2.52. The molecule has 1 aliphatic heterocycles. The molecule has 2 heterocycles. The fourth-order valence-electron chi connectivity index (χ4n) is 5.56. The summed E-state index contributed by atoms with van der Waals surface area (Å²) >= 11 is 0. The van der Waals surface area contributed by atoms with Gasteiger partial charge in [0.2, 0.25) is 0 Å². The van der Waals surface area contributed by atoms with Crippen molar-refractivity contribution in [2.75, 3.05) is 0 Å². The van der Waals surface area contributed by atoms with Gasteiger partial charge in [0.1, 0.15) is 0 Å². The van der Waals surface area contributed by atoms with Crippen LogP contribution < -0.4 is 0 Å². The van der Waals surface area contributed by atoms with E-state index >= 15 is 0 Å². The zero-order valence-corrected chi connectivity index (χ0v) is 14.6. The molecular weight excluding hydrogens is 304 g/mol. The second-order valence-electron chi connectivity index (χ2n) is 8.09. The summed E-state index contributed by atoms with van der Waals surface area (Å²) in [5.74, 6) is -0.193. The molecule has 4 atom stereocenters. The van der Waals surface area contributed by atoms with Crippen molar-refractivity contribution in [2.24, 2.45) is 16.7 Å². The van der Waals surface area contributed by atoms with Crippen LogP contribution >= 0.6 is 0 Å². The number of carbonyl (C=O) groups excluding carboxylic acids is 2. The van der Waals surface area contributed by atoms with Gasteiger partial charge in [-0.2, -0.15) is 0 Å². The van der Waals surface area contributed by atoms with Crippen LogP contribution in [0.1, 0.15) is 52.0 Å². The van der Waals surface area contributed by atoms with Crippen LogP contribution in [0.2, 0.25) is 0 Å². The number of hydrogen-bond donors (Lipinski definition) is 0. The van der Waals surface area contributed by atoms with Crippen molar-refractivity contribution in [3.8, 4) is 0 Å². The zero-order chi connectivity index (χ0) is 17.1. The summed E-state index contributed by atoms with van der Waals surface area (Å²) in [7, 11) is 0. The predicted molar refractivity (Wildman–Crippen MR) is 88.2 cm³/mol. The minimum absolute atomic E-state index is 0.0126. The molecule has 24 heavy (non-hydrogen) atoms. The van der Waals surface area contributed by atoms with Gasteiger partial charge in [-0.05, 0) is 62.1 Å². The maximum absolute atomic E-state index is 12.9. The molecule has 2 fully saturated rings. The monoisotopic (exact) mass is 328 g/mol. The van der Waals surface area contributed by atoms with Crippen molar-refractivity contribution in [3.63, 3.8) is 0 Å². The Bertz CT molecular complexity index is 729. The van der Waals surface area contributed by atoms with Crippen LogP contribution in [-0.2, 0) is 20.7 Å². The number of ether oxygens (including phenoxy) is 1. The summed E-state index contributed by atoms with van der Waals surface area (Å²) in [5, 5.41) is 0. The van der Waals surface area contributed by atoms with Crippen molar-refractivity contribution < 1.29 is 18.7 Å². The first kappa shape index (κ1) is 15.7. The summed E-state index contributed by atoms with van der Waals surface area (Å²) in [6, 6.07) is 1.97. The van der Waals surface area contributed by atoms with Gasteiger partial charge in [-0.1, -0.05) is 18.9 Å². The number of ketones is 1. The smallest absolute Gasteiger partial charge is 0.313 e. The summed E-state index contributed by atoms with van der Waals surface area (Å²) in [5.41, 5.74) is 2.52. The van der Waals surface area contributed by atoms with Gasteiger partial charge < -0.3 is 9.15 Å². The number of rotatable bonds is 3. The van der Waals surface area contributed by atoms with Gasteiger partial charge in [0.15, 0.2) is 11.9 Å². The van der Waals surface area contributed by atoms with Gasteiger partial charge in [-0.3, -0.25) is 9.59 Å². The third kappa shape index (κ3) is 1.92. The minimum atomic E-state index is -0.578. The Balaban J connectivity index is 1.75. The van der Waals surface area contributed by atoms with E-state index in [-0.39, 0.29) is 23.1 Å². The molecule has 4 unspecified atom stereocenters. The van der Waals surface area contributed by atoms with Gasteiger partial charge in [0, 0.05) is 5.92 Å². The summed E-state index contributed by atoms with van der Waals surface area (Å²) in [6.07, 6.45) is 7.40. The number of Topliss-reactive ketones (excluding diaryl/α,β-unsaturated/α-hetero) is 1. The molecule has 4 nitrogen and oxygen atoms in total. The number of furan rings is 1. The molecule has 1 aromatic rings. The Morgan fingerprint density at radius 1 is 1.17 bits per heavy atom. The lowest BCUT2D eigenvalue weighted by atomic mass is 9.49. The molecule has 4 rings (SSSR count). The van der Waals surface area contributed by atoms with Crippen molar-refractivity contribution in [1.82, 2.24) is 0 Å². The van der Waals surface area contributed by atoms with Crippen LogP contribution in [0.25, 0.3) is 0 Å². The van der Waals surface area contributed by atoms with E-state index in [1.807, 2.05) is 19.9 Å². The third-order valence-corrected chi connectivity index (χ3v) is 6.78. The molecule has 0 amide bonds. The third-order valence-electron chi connectivity index (χ3n) is 6.78. The predicted octanol–water partition coefficient (Wildman–Crippen LogP) is 3.85. The van der Waals surface area contributed by atoms with Gasteiger partial charge in [0.25, 0.3) is 0 Å². The summed E-state index contributed by atoms with van der Waals surface area (Å²) in [4.78, 5) is 25.4. The quantitative estimate of drug-likeness (QED) is 0.791. The average Bonchev–Trinajstić information content (AvgIpc) is 3.13. The van der Waals surface area contributed by atoms with Gasteiger partial charge in [0.05, 0.1) is 17.9 Å². The fourth-order valence-corrected chi connectivity index (χ4v) is 5.56. The zero-order valence-electron chi connectivity index (χ0n) is 14.6. The normalized spacial score (nSPS) is 38.3. The molecule has 3 aliphatic rings. The number of esters is 1. The Labute approximate surface area is 142 Å². The fraction of sp³-hybridized carbons (Fsp3) is 0.600. The van der Waals surface area contributed by atoms with Crippen LogP contribution in [0.15, 0.2) is 34.2 Å². The average molecular weight is 328 g/mol. The van der Waals surface area contributed by atoms with E-state index in [4.69, 9.17) is 9.15 Å². The Morgan fingerprint density at radius 2 is 1.92 bits per heavy atom. The molecule has 128 valence electrons. The van der Waals surface area contributed by atoms with Crippen LogP contribution in [-0.4, -0.2) is 17.9 Å². The molecule has 4 heteroatoms. The molecule has 0 bridgehead atoms. The van der Waals surface area contributed by atoms with Gasteiger partial charge in [-0.15, -0.1) is 0 Å². The lowest BCUT2D eigenvalue weighted by molar-refractivity contribution is -0.151. The molecule has 0 radical (unpaired) electrons. The van der Waals surface area contributed by atoms with E-state index in [0.717, 1.165) is 43.2 Å². The maximum atomic E-state index is 12.9. The SMILES string of the molecule is CC1=C(CCc2ccoc2)C2(C)CCCC3(C)C(=O)OC(C1=O)C32. The van der Waals surface area contributed by atoms with E-state index in [0.29, 0.717) is 0 Å². The summed E-state index contributed by atoms with van der Waals surface area (Å²) < 4.78 is 10.8. The van der Waals surface area contributed by atoms with Crippen LogP contribution in [0.4, 0.5) is 0 Å². The Hall–Kier alpha value is -1.84. The Kier molecular flexibility index (Phi) is 3.32. The standard InChI is InChI=1S/C20H24O4/c1-12-14(6-5-13-7-10-23-11-13)19(2)8-4-9-20(3)17(19)16(15(12)21)24-18(20)22/h7,10-11,16-17H,4-6,8-9H2,1-3H3. The molecule has 1 aromatic heterocycles. The lowest BCUT2D eigenvalue weighted by Gasteiger charge is -2.51. The first-order valence-corrected chi connectivity index (χ1v) is 8.84. The number of hydrogen-bond acceptors (Lipinski definition) is 4. The second-order valence-corrected chi connectivity index (χ2v) is 8.09. The Morgan fingerprint density at radius 3 is 2.62 bits per heavy atom. The number of carbonyl (C=O) groups is 2. The highest BCUT2D eigenvalue weighted by Gasteiger charge is 2.66. The van der Waals surface area contributed by atoms with Crippen molar-refractivity contribution in [3.05, 3.63) is 35.3 Å². The van der Waals surface area contributed by atoms with Crippen LogP contribution in [0.5, 0.6) is 0 Å². The van der Waals surface area contributed by atoms with E-state index < -0.39 is 11.5 Å². The molecular formula is C20H24O4. The molecule has 1 saturated heterocycles. The highest BCUT2D eigenvalue weighted by Crippen LogP contribution is 2.63. The molecule has 0 aromatic carbocycles. The molecule has 0 N–H and O–H groups in total. The first-order chi connectivity index (χ1) is 11.4. The van der Waals surface area contributed by atoms with Gasteiger partial charge in [-0.25, -0.2) is 0 Å². The van der Waals surface area contributed by atoms with E-state index in [9.17, 15) is 9.59 Å². The van der Waals surface area contributed by atoms with Crippen molar-refractivity contribution in [1.29, 1.82) is 0 Å². The van der Waals surface area contributed by atoms with Crippen molar-refractivity contribution >= 4 is 11.8 Å². The van der Waals surface area contributed by atoms with Crippen molar-refractivity contribution in [2.45, 2.75) is 59.0 Å². The minimum Gasteiger partial charge on any atom is -0.472 e. The molecule has 1 saturated carbocycles. The highest BCUT2D eigenvalue weighted by atomic mass is 16.6. The van der Waals surface area contributed by atoms with E-state index in [1.165, 1.54) is 5.57 Å². The topological polar surface area (TPSA) is 56.5 Å². The largest absolute Gasteiger partial charge is 0.472 e. The molecule has 2 aliphatic carbocycles. The highest BCUT2D eigenvalue weighted by molar-refractivity contribution is 6.04. The maximum Gasteiger partial charge on any atom is 0.313 e. The van der Waals surface area contributed by atoms with Crippen LogP contribution in [0.3, 0.4) is 0 Å².